The number of hydrogen-bond acceptors (Lipinski definition) is 8. The molecular weight excluding hydrogens is 516 g/mol. The Balaban J connectivity index is 1.36. The predicted octanol–water partition coefficient (Wildman–Crippen LogP) is 3.55. The first-order valence-electron chi connectivity index (χ1n) is 13.3. The number of carbonyl (C=O) groups is 3. The van der Waals surface area contributed by atoms with Crippen LogP contribution >= 0.6 is 11.3 Å². The summed E-state index contributed by atoms with van der Waals surface area (Å²) in [6, 6.07) is 7.36. The molecule has 39 heavy (non-hydrogen) atoms. The number of fused-ring (bicyclic) bond motifs is 1. The van der Waals surface area contributed by atoms with Gasteiger partial charge in [-0.15, -0.1) is 11.3 Å². The van der Waals surface area contributed by atoms with Crippen molar-refractivity contribution in [2.45, 2.75) is 44.6 Å². The van der Waals surface area contributed by atoms with E-state index in [1.165, 1.54) is 24.4 Å². The first-order chi connectivity index (χ1) is 18.7. The molecule has 206 valence electrons. The Morgan fingerprint density at radius 2 is 1.90 bits per heavy atom. The standard InChI is InChI=1S/C28H34N6O4S/c1-16-4-6-22(18-5-7-23-21(12-18)32-27(39-23)17-8-10-33(2)11-9-17)34(15-16)28(37)25(36)31-19-13-20(24(29)35)26(38-3)30-14-19/h5,7,12-14,16-17,22H,4,6,8-11,15H2,1-3H3,(H2,29,35)(H,31,36)/t16-,22+/m0/s1. The first-order valence-corrected chi connectivity index (χ1v) is 14.1. The summed E-state index contributed by atoms with van der Waals surface area (Å²) in [7, 11) is 3.53. The fourth-order valence-electron chi connectivity index (χ4n) is 5.50. The van der Waals surface area contributed by atoms with Gasteiger partial charge in [-0.1, -0.05) is 13.0 Å². The number of anilines is 1. The van der Waals surface area contributed by atoms with Crippen LogP contribution in [-0.2, 0) is 9.59 Å². The number of nitrogens with zero attached hydrogens (tertiary/aromatic N) is 4. The van der Waals surface area contributed by atoms with Crippen LogP contribution in [0, 0.1) is 5.92 Å². The normalized spacial score (nSPS) is 20.6. The van der Waals surface area contributed by atoms with Gasteiger partial charge in [0.2, 0.25) is 5.88 Å². The van der Waals surface area contributed by atoms with Gasteiger partial charge in [-0.3, -0.25) is 14.4 Å². The van der Waals surface area contributed by atoms with E-state index in [9.17, 15) is 14.4 Å². The van der Waals surface area contributed by atoms with Crippen LogP contribution in [0.15, 0.2) is 30.5 Å². The second kappa shape index (κ2) is 11.3. The molecule has 2 aliphatic heterocycles. The number of hydrogen-bond donors (Lipinski definition) is 2. The van der Waals surface area contributed by atoms with Gasteiger partial charge in [0.15, 0.2) is 0 Å². The number of amides is 3. The molecule has 0 unspecified atom stereocenters. The zero-order valence-electron chi connectivity index (χ0n) is 22.5. The largest absolute Gasteiger partial charge is 0.480 e. The molecule has 2 saturated heterocycles. The highest BCUT2D eigenvalue weighted by atomic mass is 32.1. The van der Waals surface area contributed by atoms with Gasteiger partial charge in [-0.25, -0.2) is 9.97 Å². The number of rotatable bonds is 5. The third kappa shape index (κ3) is 5.74. The summed E-state index contributed by atoms with van der Waals surface area (Å²) in [5.41, 5.74) is 7.54. The van der Waals surface area contributed by atoms with Gasteiger partial charge in [-0.2, -0.15) is 0 Å². The molecule has 4 heterocycles. The summed E-state index contributed by atoms with van der Waals surface area (Å²) < 4.78 is 6.19. The van der Waals surface area contributed by atoms with Crippen LogP contribution in [0.2, 0.25) is 0 Å². The minimum atomic E-state index is -0.796. The summed E-state index contributed by atoms with van der Waals surface area (Å²) in [4.78, 5) is 51.2. The van der Waals surface area contributed by atoms with Crippen molar-refractivity contribution >= 4 is 45.0 Å². The molecule has 3 N–H and O–H groups in total. The Morgan fingerprint density at radius 3 is 2.62 bits per heavy atom. The zero-order valence-corrected chi connectivity index (χ0v) is 23.3. The summed E-state index contributed by atoms with van der Waals surface area (Å²) >= 11 is 1.76. The molecule has 0 spiro atoms. The molecule has 3 aromatic rings. The van der Waals surface area contributed by atoms with Gasteiger partial charge in [0.05, 0.1) is 40.3 Å². The number of thiazole rings is 1. The van der Waals surface area contributed by atoms with E-state index in [0.29, 0.717) is 12.5 Å². The van der Waals surface area contributed by atoms with E-state index in [0.717, 1.165) is 54.6 Å². The van der Waals surface area contributed by atoms with Crippen molar-refractivity contribution in [2.75, 3.05) is 39.1 Å². The second-order valence-electron chi connectivity index (χ2n) is 10.6. The third-order valence-corrected chi connectivity index (χ3v) is 8.92. The Labute approximate surface area is 231 Å². The van der Waals surface area contributed by atoms with E-state index in [4.69, 9.17) is 15.5 Å². The quantitative estimate of drug-likeness (QED) is 0.465. The molecule has 0 bridgehead atoms. The molecule has 10 nitrogen and oxygen atoms in total. The molecular formula is C28H34N6O4S. The molecule has 0 aliphatic carbocycles. The summed E-state index contributed by atoms with van der Waals surface area (Å²) in [6.45, 7) is 4.72. The highest BCUT2D eigenvalue weighted by molar-refractivity contribution is 7.18. The average Bonchev–Trinajstić information content (AvgIpc) is 3.36. The molecule has 2 atom stereocenters. The molecule has 0 saturated carbocycles. The molecule has 5 rings (SSSR count). The Hall–Kier alpha value is -3.57. The van der Waals surface area contributed by atoms with Crippen LogP contribution in [0.25, 0.3) is 10.2 Å². The molecule has 1 aromatic carbocycles. The highest BCUT2D eigenvalue weighted by Gasteiger charge is 2.35. The number of primary amides is 1. The first kappa shape index (κ1) is 27.0. The maximum atomic E-state index is 13.4. The maximum absolute atomic E-state index is 13.4. The summed E-state index contributed by atoms with van der Waals surface area (Å²) in [5, 5.41) is 3.76. The van der Waals surface area contributed by atoms with E-state index in [1.54, 1.807) is 16.2 Å². The number of pyridine rings is 1. The fourth-order valence-corrected chi connectivity index (χ4v) is 6.61. The van der Waals surface area contributed by atoms with Gasteiger partial charge < -0.3 is 25.6 Å². The number of piperidine rings is 2. The van der Waals surface area contributed by atoms with Crippen LogP contribution in [0.3, 0.4) is 0 Å². The monoisotopic (exact) mass is 550 g/mol. The van der Waals surface area contributed by atoms with E-state index in [2.05, 4.69) is 47.4 Å². The number of methoxy groups -OCH3 is 1. The smallest absolute Gasteiger partial charge is 0.313 e. The van der Waals surface area contributed by atoms with Gasteiger partial charge in [0.25, 0.3) is 5.91 Å². The van der Waals surface area contributed by atoms with Crippen LogP contribution in [0.4, 0.5) is 5.69 Å². The maximum Gasteiger partial charge on any atom is 0.313 e. The van der Waals surface area contributed by atoms with E-state index in [1.807, 2.05) is 0 Å². The summed E-state index contributed by atoms with van der Waals surface area (Å²) in [6.07, 6.45) is 5.27. The minimum Gasteiger partial charge on any atom is -0.480 e. The van der Waals surface area contributed by atoms with Gasteiger partial charge in [0.1, 0.15) is 5.56 Å². The number of carbonyl (C=O) groups excluding carboxylic acids is 3. The predicted molar refractivity (Wildman–Crippen MR) is 150 cm³/mol. The Kier molecular flexibility index (Phi) is 7.81. The van der Waals surface area contributed by atoms with Crippen LogP contribution < -0.4 is 15.8 Å². The average molecular weight is 551 g/mol. The van der Waals surface area contributed by atoms with Crippen molar-refractivity contribution in [1.82, 2.24) is 19.8 Å². The van der Waals surface area contributed by atoms with E-state index in [-0.39, 0.29) is 29.1 Å². The topological polar surface area (TPSA) is 131 Å². The lowest BCUT2D eigenvalue weighted by Gasteiger charge is -2.38. The van der Waals surface area contributed by atoms with Gasteiger partial charge in [0, 0.05) is 12.5 Å². The number of benzene rings is 1. The van der Waals surface area contributed by atoms with Gasteiger partial charge >= 0.3 is 11.8 Å². The molecule has 0 radical (unpaired) electrons. The van der Waals surface area contributed by atoms with E-state index < -0.39 is 17.7 Å². The summed E-state index contributed by atoms with van der Waals surface area (Å²) in [5.74, 6) is -1.37. The minimum absolute atomic E-state index is 0.0170. The lowest BCUT2D eigenvalue weighted by Crippen LogP contribution is -2.46. The number of ether oxygens (including phenoxy) is 1. The van der Waals surface area contributed by atoms with Crippen LogP contribution in [0.1, 0.15) is 65.5 Å². The molecule has 2 fully saturated rings. The lowest BCUT2D eigenvalue weighted by atomic mass is 9.89. The Morgan fingerprint density at radius 1 is 1.13 bits per heavy atom. The third-order valence-electron chi connectivity index (χ3n) is 7.72. The fraction of sp³-hybridized carbons (Fsp3) is 0.464. The van der Waals surface area contributed by atoms with Crippen LogP contribution in [0.5, 0.6) is 5.88 Å². The zero-order chi connectivity index (χ0) is 27.7. The van der Waals surface area contributed by atoms with Gasteiger partial charge in [-0.05, 0) is 75.5 Å². The van der Waals surface area contributed by atoms with Crippen molar-refractivity contribution < 1.29 is 19.1 Å². The number of likely N-dealkylation sites (tertiary alicyclic amines) is 2. The van der Waals surface area contributed by atoms with Crippen LogP contribution in [-0.4, -0.2) is 71.3 Å². The second-order valence-corrected chi connectivity index (χ2v) is 11.7. The highest BCUT2D eigenvalue weighted by Crippen LogP contribution is 2.38. The number of aromatic nitrogens is 2. The van der Waals surface area contributed by atoms with Crippen molar-refractivity contribution in [2.24, 2.45) is 11.7 Å². The molecule has 3 amide bonds. The number of nitrogens with one attached hydrogen (secondary N) is 1. The van der Waals surface area contributed by atoms with Crippen molar-refractivity contribution in [3.63, 3.8) is 0 Å². The SMILES string of the molecule is COc1ncc(NC(=O)C(=O)N2C[C@@H](C)CC[C@@H]2c2ccc3sc(C4CCN(C)CC4)nc3c2)cc1C(N)=O. The van der Waals surface area contributed by atoms with E-state index >= 15 is 0 Å². The van der Waals surface area contributed by atoms with Crippen molar-refractivity contribution in [3.05, 3.63) is 46.6 Å². The van der Waals surface area contributed by atoms with Crippen molar-refractivity contribution in [3.8, 4) is 5.88 Å². The number of nitrogens with two attached hydrogens (primary N) is 1. The molecule has 2 aromatic heterocycles. The Bertz CT molecular complexity index is 1400. The molecule has 11 heteroatoms. The molecule has 2 aliphatic rings. The van der Waals surface area contributed by atoms with Crippen molar-refractivity contribution in [1.29, 1.82) is 0 Å². The lowest BCUT2D eigenvalue weighted by molar-refractivity contribution is -0.146.